The standard InChI is InChI=1S/C29H35FN4O5/c30-21-12-10-20(11-13-21)17-23(31)28(38)34-15-5-9-25(34)29(39)33-14-4-8-24(33)27(37)32-22(18-26(35)36)16-19-6-2-1-3-7-19/h1-3,6-7,10-13,22-25H,4-5,8-9,14-18,31H2,(H,32,37)(H,35,36). The van der Waals surface area contributed by atoms with Crippen LogP contribution >= 0.6 is 0 Å². The average Bonchev–Trinajstić information content (AvgIpc) is 3.60. The second-order valence-corrected chi connectivity index (χ2v) is 10.3. The predicted octanol–water partition coefficient (Wildman–Crippen LogP) is 1.88. The molecule has 0 saturated carbocycles. The fraction of sp³-hybridized carbons (Fsp3) is 0.448. The van der Waals surface area contributed by atoms with Gasteiger partial charge in [-0.2, -0.15) is 0 Å². The van der Waals surface area contributed by atoms with Gasteiger partial charge in [-0.15, -0.1) is 0 Å². The molecule has 4 atom stereocenters. The van der Waals surface area contributed by atoms with Gasteiger partial charge in [-0.1, -0.05) is 42.5 Å². The van der Waals surface area contributed by atoms with Crippen LogP contribution in [0.2, 0.25) is 0 Å². The van der Waals surface area contributed by atoms with Crippen LogP contribution in [-0.4, -0.2) is 75.9 Å². The summed E-state index contributed by atoms with van der Waals surface area (Å²) in [5.74, 6) is -2.41. The summed E-state index contributed by atoms with van der Waals surface area (Å²) in [6, 6.07) is 12.2. The number of likely N-dealkylation sites (tertiary alicyclic amines) is 2. The Kier molecular flexibility index (Phi) is 9.29. The maximum Gasteiger partial charge on any atom is 0.305 e. The maximum atomic E-state index is 13.6. The van der Waals surface area contributed by atoms with Crippen LogP contribution < -0.4 is 11.1 Å². The molecule has 0 bridgehead atoms. The molecule has 2 saturated heterocycles. The van der Waals surface area contributed by atoms with E-state index in [0.717, 1.165) is 11.1 Å². The minimum absolute atomic E-state index is 0.220. The van der Waals surface area contributed by atoms with Gasteiger partial charge in [0.2, 0.25) is 17.7 Å². The van der Waals surface area contributed by atoms with E-state index in [1.165, 1.54) is 21.9 Å². The third-order valence-electron chi connectivity index (χ3n) is 7.44. The first-order valence-electron chi connectivity index (χ1n) is 13.4. The minimum atomic E-state index is -1.02. The number of aliphatic carboxylic acids is 1. The van der Waals surface area contributed by atoms with Gasteiger partial charge in [0, 0.05) is 19.1 Å². The lowest BCUT2D eigenvalue weighted by Gasteiger charge is -2.32. The number of amides is 3. The number of carboxylic acids is 1. The molecule has 9 nitrogen and oxygen atoms in total. The first-order valence-corrected chi connectivity index (χ1v) is 13.4. The van der Waals surface area contributed by atoms with E-state index in [2.05, 4.69) is 5.32 Å². The van der Waals surface area contributed by atoms with Crippen LogP contribution in [0.15, 0.2) is 54.6 Å². The Labute approximate surface area is 227 Å². The van der Waals surface area contributed by atoms with Crippen molar-refractivity contribution >= 4 is 23.7 Å². The molecule has 39 heavy (non-hydrogen) atoms. The van der Waals surface area contributed by atoms with Crippen molar-refractivity contribution in [1.82, 2.24) is 15.1 Å². The van der Waals surface area contributed by atoms with Gasteiger partial charge in [0.1, 0.15) is 17.9 Å². The molecule has 0 spiro atoms. The van der Waals surface area contributed by atoms with E-state index >= 15 is 0 Å². The van der Waals surface area contributed by atoms with Gasteiger partial charge in [-0.25, -0.2) is 4.39 Å². The third-order valence-corrected chi connectivity index (χ3v) is 7.44. The normalized spacial score (nSPS) is 20.5. The fourth-order valence-corrected chi connectivity index (χ4v) is 5.54. The first-order chi connectivity index (χ1) is 18.7. The highest BCUT2D eigenvalue weighted by molar-refractivity contribution is 5.94. The molecule has 10 heteroatoms. The van der Waals surface area contributed by atoms with E-state index in [1.807, 2.05) is 30.3 Å². The maximum absolute atomic E-state index is 13.6. The first kappa shape index (κ1) is 28.2. The van der Waals surface area contributed by atoms with Crippen LogP contribution in [-0.2, 0) is 32.0 Å². The van der Waals surface area contributed by atoms with Gasteiger partial charge in [0.15, 0.2) is 0 Å². The summed E-state index contributed by atoms with van der Waals surface area (Å²) in [7, 11) is 0. The van der Waals surface area contributed by atoms with E-state index in [9.17, 15) is 28.7 Å². The zero-order valence-corrected chi connectivity index (χ0v) is 21.8. The number of benzene rings is 2. The quantitative estimate of drug-likeness (QED) is 0.423. The van der Waals surface area contributed by atoms with E-state index in [4.69, 9.17) is 5.73 Å². The third kappa shape index (κ3) is 7.20. The molecular weight excluding hydrogens is 503 g/mol. The van der Waals surface area contributed by atoms with E-state index in [0.29, 0.717) is 45.2 Å². The molecule has 2 aliphatic heterocycles. The molecule has 4 unspecified atom stereocenters. The van der Waals surface area contributed by atoms with Crippen molar-refractivity contribution < 1.29 is 28.7 Å². The van der Waals surface area contributed by atoms with Crippen molar-refractivity contribution in [1.29, 1.82) is 0 Å². The van der Waals surface area contributed by atoms with Gasteiger partial charge in [0.25, 0.3) is 0 Å². The van der Waals surface area contributed by atoms with Crippen LogP contribution in [0.3, 0.4) is 0 Å². The second-order valence-electron chi connectivity index (χ2n) is 10.3. The minimum Gasteiger partial charge on any atom is -0.481 e. The lowest BCUT2D eigenvalue weighted by molar-refractivity contribution is -0.147. The fourth-order valence-electron chi connectivity index (χ4n) is 5.54. The molecule has 0 aliphatic carbocycles. The Morgan fingerprint density at radius 2 is 1.51 bits per heavy atom. The lowest BCUT2D eigenvalue weighted by atomic mass is 10.0. The van der Waals surface area contributed by atoms with Crippen molar-refractivity contribution in [3.05, 3.63) is 71.5 Å². The Morgan fingerprint density at radius 1 is 0.897 bits per heavy atom. The van der Waals surface area contributed by atoms with Crippen molar-refractivity contribution in [2.24, 2.45) is 5.73 Å². The van der Waals surface area contributed by atoms with Crippen LogP contribution in [0.25, 0.3) is 0 Å². The van der Waals surface area contributed by atoms with Crippen molar-refractivity contribution in [3.63, 3.8) is 0 Å². The summed E-state index contributed by atoms with van der Waals surface area (Å²) in [6.45, 7) is 0.786. The summed E-state index contributed by atoms with van der Waals surface area (Å²) >= 11 is 0. The van der Waals surface area contributed by atoms with Gasteiger partial charge in [-0.05, 0) is 61.8 Å². The molecule has 2 aliphatic rings. The van der Waals surface area contributed by atoms with Gasteiger partial charge >= 0.3 is 5.97 Å². The molecule has 3 amide bonds. The smallest absolute Gasteiger partial charge is 0.305 e. The number of rotatable bonds is 10. The Hall–Kier alpha value is -3.79. The van der Waals surface area contributed by atoms with Crippen LogP contribution in [0.4, 0.5) is 4.39 Å². The molecule has 4 rings (SSSR count). The van der Waals surface area contributed by atoms with E-state index in [-0.39, 0.29) is 36.4 Å². The molecule has 2 fully saturated rings. The van der Waals surface area contributed by atoms with E-state index in [1.54, 1.807) is 12.1 Å². The topological polar surface area (TPSA) is 133 Å². The van der Waals surface area contributed by atoms with Crippen molar-refractivity contribution in [2.45, 2.75) is 69.1 Å². The Bertz CT molecular complexity index is 1180. The highest BCUT2D eigenvalue weighted by atomic mass is 19.1. The largest absolute Gasteiger partial charge is 0.481 e. The molecule has 0 radical (unpaired) electrons. The summed E-state index contributed by atoms with van der Waals surface area (Å²) in [5.41, 5.74) is 7.82. The van der Waals surface area contributed by atoms with E-state index < -0.39 is 30.1 Å². The zero-order chi connectivity index (χ0) is 27.9. The van der Waals surface area contributed by atoms with Gasteiger partial charge in [0.05, 0.1) is 12.5 Å². The molecular formula is C29H35FN4O5. The monoisotopic (exact) mass is 538 g/mol. The number of nitrogens with one attached hydrogen (secondary N) is 1. The molecule has 2 aromatic carbocycles. The highest BCUT2D eigenvalue weighted by Crippen LogP contribution is 2.26. The summed E-state index contributed by atoms with van der Waals surface area (Å²) in [4.78, 5) is 54.6. The second kappa shape index (κ2) is 12.8. The molecule has 4 N–H and O–H groups in total. The molecule has 2 heterocycles. The summed E-state index contributed by atoms with van der Waals surface area (Å²) in [5, 5.41) is 12.2. The van der Waals surface area contributed by atoms with Crippen molar-refractivity contribution in [3.8, 4) is 0 Å². The summed E-state index contributed by atoms with van der Waals surface area (Å²) < 4.78 is 13.2. The number of carboxylic acid groups (broad SMARTS) is 1. The predicted molar refractivity (Wildman–Crippen MR) is 142 cm³/mol. The lowest BCUT2D eigenvalue weighted by Crippen LogP contribution is -2.56. The number of nitrogens with zero attached hydrogens (tertiary/aromatic N) is 2. The number of hydrogen-bond donors (Lipinski definition) is 3. The number of carbonyl (C=O) groups is 4. The SMILES string of the molecule is NC(Cc1ccc(F)cc1)C(=O)N1CCCC1C(=O)N1CCCC1C(=O)NC(CC(=O)O)Cc1ccccc1. The number of nitrogens with two attached hydrogens (primary N) is 1. The number of hydrogen-bond acceptors (Lipinski definition) is 5. The van der Waals surface area contributed by atoms with Crippen LogP contribution in [0.5, 0.6) is 0 Å². The van der Waals surface area contributed by atoms with Crippen LogP contribution in [0, 0.1) is 5.82 Å². The number of halogens is 1. The Balaban J connectivity index is 1.40. The average molecular weight is 539 g/mol. The number of carbonyl (C=O) groups excluding carboxylic acids is 3. The van der Waals surface area contributed by atoms with Crippen molar-refractivity contribution in [2.75, 3.05) is 13.1 Å². The zero-order valence-electron chi connectivity index (χ0n) is 21.8. The van der Waals surface area contributed by atoms with Gasteiger partial charge < -0.3 is 26.0 Å². The van der Waals surface area contributed by atoms with Gasteiger partial charge in [-0.3, -0.25) is 19.2 Å². The molecule has 208 valence electrons. The molecule has 2 aromatic rings. The van der Waals surface area contributed by atoms with Crippen LogP contribution in [0.1, 0.15) is 43.2 Å². The highest BCUT2D eigenvalue weighted by Gasteiger charge is 2.43. The Morgan fingerprint density at radius 3 is 2.18 bits per heavy atom. The molecule has 0 aromatic heterocycles. The summed E-state index contributed by atoms with van der Waals surface area (Å²) in [6.07, 6.45) is 2.57.